The summed E-state index contributed by atoms with van der Waals surface area (Å²) in [6.07, 6.45) is 10.8. The molecule has 30 heavy (non-hydrogen) atoms. The van der Waals surface area contributed by atoms with E-state index >= 15 is 0 Å². The minimum atomic E-state index is 0.808. The van der Waals surface area contributed by atoms with Crippen molar-refractivity contribution in [3.8, 4) is 0 Å². The molecule has 1 aliphatic carbocycles. The molecule has 7 heteroatoms. The first-order chi connectivity index (χ1) is 14.8. The fourth-order valence-electron chi connectivity index (χ4n) is 4.69. The van der Waals surface area contributed by atoms with Gasteiger partial charge in [-0.15, -0.1) is 22.7 Å². The lowest BCUT2D eigenvalue weighted by molar-refractivity contribution is 0.219. The lowest BCUT2D eigenvalue weighted by Crippen LogP contribution is -2.36. The van der Waals surface area contributed by atoms with Gasteiger partial charge in [-0.2, -0.15) is 0 Å². The highest BCUT2D eigenvalue weighted by atomic mass is 32.1. The third-order valence-electron chi connectivity index (χ3n) is 6.32. The Morgan fingerprint density at radius 2 is 2.00 bits per heavy atom. The highest BCUT2D eigenvalue weighted by molar-refractivity contribution is 7.19. The Morgan fingerprint density at radius 1 is 1.07 bits per heavy atom. The third kappa shape index (κ3) is 3.41. The summed E-state index contributed by atoms with van der Waals surface area (Å²) < 4.78 is 1.18. The van der Waals surface area contributed by atoms with Gasteiger partial charge in [-0.3, -0.25) is 4.90 Å². The summed E-state index contributed by atoms with van der Waals surface area (Å²) >= 11 is 3.43. The molecule has 0 atom stereocenters. The highest BCUT2D eigenvalue weighted by Crippen LogP contribution is 2.37. The van der Waals surface area contributed by atoms with Crippen LogP contribution in [0.3, 0.4) is 0 Å². The molecule has 152 valence electrons. The maximum atomic E-state index is 4.54. The first-order valence-corrected chi connectivity index (χ1v) is 12.3. The molecule has 3 aromatic heterocycles. The standard InChI is InChI=1S/C23H23N5S2/c1-2-4-17(3-1)28-9-7-15(8-10-28)20-12-18-22(24-13-25-23(18)30-20)27-16-5-6-19-21(11-16)29-14-26-19/h5-7,11-14,17H,1-4,8-10H2,(H,24,25,27). The van der Waals surface area contributed by atoms with Gasteiger partial charge in [-0.05, 0) is 49.1 Å². The molecular formula is C23H23N5S2. The molecular weight excluding hydrogens is 410 g/mol. The zero-order valence-corrected chi connectivity index (χ0v) is 18.3. The average molecular weight is 434 g/mol. The molecule has 0 saturated heterocycles. The number of hydrogen-bond donors (Lipinski definition) is 1. The second-order valence-corrected chi connectivity index (χ2v) is 10.0. The summed E-state index contributed by atoms with van der Waals surface area (Å²) in [6.45, 7) is 2.26. The van der Waals surface area contributed by atoms with Gasteiger partial charge in [0.2, 0.25) is 0 Å². The molecule has 6 rings (SSSR count). The minimum absolute atomic E-state index is 0.808. The van der Waals surface area contributed by atoms with Crippen molar-refractivity contribution in [3.63, 3.8) is 0 Å². The summed E-state index contributed by atoms with van der Waals surface area (Å²) in [7, 11) is 0. The van der Waals surface area contributed by atoms with E-state index in [2.05, 4.69) is 55.5 Å². The van der Waals surface area contributed by atoms with Crippen molar-refractivity contribution in [2.45, 2.75) is 38.1 Å². The molecule has 0 spiro atoms. The first kappa shape index (κ1) is 18.4. The summed E-state index contributed by atoms with van der Waals surface area (Å²) in [4.78, 5) is 18.5. The van der Waals surface area contributed by atoms with E-state index in [9.17, 15) is 0 Å². The van der Waals surface area contributed by atoms with Crippen LogP contribution in [0.25, 0.3) is 26.0 Å². The topological polar surface area (TPSA) is 53.9 Å². The van der Waals surface area contributed by atoms with E-state index in [1.54, 1.807) is 29.0 Å². The van der Waals surface area contributed by atoms with Crippen LogP contribution in [0.15, 0.2) is 42.2 Å². The minimum Gasteiger partial charge on any atom is -0.340 e. The van der Waals surface area contributed by atoms with E-state index in [1.165, 1.54) is 47.4 Å². The SMILES string of the molecule is C1=C(c2cc3c(Nc4ccc5ncsc5c4)ncnc3s2)CCN(C2CCCC2)C1. The van der Waals surface area contributed by atoms with Crippen LogP contribution in [-0.2, 0) is 0 Å². The Morgan fingerprint density at radius 3 is 2.87 bits per heavy atom. The van der Waals surface area contributed by atoms with Crippen molar-refractivity contribution in [2.75, 3.05) is 18.4 Å². The van der Waals surface area contributed by atoms with Crippen molar-refractivity contribution in [2.24, 2.45) is 0 Å². The molecule has 1 saturated carbocycles. The zero-order chi connectivity index (χ0) is 19.9. The van der Waals surface area contributed by atoms with Gasteiger partial charge < -0.3 is 5.32 Å². The van der Waals surface area contributed by atoms with Crippen LogP contribution in [0.5, 0.6) is 0 Å². The number of rotatable bonds is 4. The van der Waals surface area contributed by atoms with Gasteiger partial charge in [0.15, 0.2) is 0 Å². The number of aromatic nitrogens is 3. The Bertz CT molecular complexity index is 1230. The molecule has 4 heterocycles. The van der Waals surface area contributed by atoms with Crippen molar-refractivity contribution in [3.05, 3.63) is 47.1 Å². The van der Waals surface area contributed by atoms with E-state index in [0.29, 0.717) is 0 Å². The van der Waals surface area contributed by atoms with Crippen molar-refractivity contribution in [1.82, 2.24) is 19.9 Å². The van der Waals surface area contributed by atoms with Gasteiger partial charge in [0.05, 0.1) is 21.1 Å². The number of anilines is 2. The third-order valence-corrected chi connectivity index (χ3v) is 8.23. The average Bonchev–Trinajstić information content (AvgIpc) is 3.53. The molecule has 0 bridgehead atoms. The summed E-state index contributed by atoms with van der Waals surface area (Å²) in [5.74, 6) is 0.871. The maximum Gasteiger partial charge on any atom is 0.142 e. The molecule has 0 amide bonds. The van der Waals surface area contributed by atoms with Gasteiger partial charge in [-0.1, -0.05) is 18.9 Å². The quantitative estimate of drug-likeness (QED) is 0.423. The molecule has 4 aromatic rings. The lowest BCUT2D eigenvalue weighted by atomic mass is 10.0. The highest BCUT2D eigenvalue weighted by Gasteiger charge is 2.24. The predicted octanol–water partition coefficient (Wildman–Crippen LogP) is 6.08. The number of thiophene rings is 1. The van der Waals surface area contributed by atoms with Crippen LogP contribution in [0, 0.1) is 0 Å². The summed E-state index contributed by atoms with van der Waals surface area (Å²) in [5, 5.41) is 4.59. The van der Waals surface area contributed by atoms with E-state index in [4.69, 9.17) is 0 Å². The molecule has 0 unspecified atom stereocenters. The van der Waals surface area contributed by atoms with Crippen LogP contribution >= 0.6 is 22.7 Å². The molecule has 1 N–H and O–H groups in total. The Balaban J connectivity index is 1.27. The van der Waals surface area contributed by atoms with E-state index < -0.39 is 0 Å². The van der Waals surface area contributed by atoms with Crippen LogP contribution < -0.4 is 5.32 Å². The molecule has 5 nitrogen and oxygen atoms in total. The van der Waals surface area contributed by atoms with Gasteiger partial charge >= 0.3 is 0 Å². The summed E-state index contributed by atoms with van der Waals surface area (Å²) in [5.41, 5.74) is 5.41. The monoisotopic (exact) mass is 433 g/mol. The fraction of sp³-hybridized carbons (Fsp3) is 0.348. The van der Waals surface area contributed by atoms with Crippen molar-refractivity contribution >= 4 is 60.2 Å². The smallest absolute Gasteiger partial charge is 0.142 e. The number of nitrogens with one attached hydrogen (secondary N) is 1. The van der Waals surface area contributed by atoms with Gasteiger partial charge in [0.1, 0.15) is 17.0 Å². The first-order valence-electron chi connectivity index (χ1n) is 10.6. The van der Waals surface area contributed by atoms with E-state index in [-0.39, 0.29) is 0 Å². The van der Waals surface area contributed by atoms with Crippen LogP contribution in [0.1, 0.15) is 37.0 Å². The maximum absolute atomic E-state index is 4.54. The van der Waals surface area contributed by atoms with Crippen LogP contribution in [-0.4, -0.2) is 39.0 Å². The van der Waals surface area contributed by atoms with E-state index in [1.807, 2.05) is 5.51 Å². The number of fused-ring (bicyclic) bond motifs is 2. The fourth-order valence-corrected chi connectivity index (χ4v) is 6.48. The number of hydrogen-bond acceptors (Lipinski definition) is 7. The zero-order valence-electron chi connectivity index (χ0n) is 16.7. The Kier molecular flexibility index (Phi) is 4.74. The van der Waals surface area contributed by atoms with Gasteiger partial charge in [-0.25, -0.2) is 15.0 Å². The lowest BCUT2D eigenvalue weighted by Gasteiger charge is -2.31. The Hall–Kier alpha value is -2.35. The number of nitrogens with zero attached hydrogens (tertiary/aromatic N) is 4. The van der Waals surface area contributed by atoms with E-state index in [0.717, 1.165) is 46.2 Å². The normalized spacial score (nSPS) is 18.3. The molecule has 1 aromatic carbocycles. The largest absolute Gasteiger partial charge is 0.340 e. The molecule has 1 fully saturated rings. The molecule has 1 aliphatic heterocycles. The second kappa shape index (κ2) is 7.72. The number of benzene rings is 1. The summed E-state index contributed by atoms with van der Waals surface area (Å²) in [6, 6.07) is 9.32. The molecule has 2 aliphatic rings. The van der Waals surface area contributed by atoms with Crippen molar-refractivity contribution < 1.29 is 0 Å². The van der Waals surface area contributed by atoms with Crippen LogP contribution in [0.2, 0.25) is 0 Å². The predicted molar refractivity (Wildman–Crippen MR) is 127 cm³/mol. The van der Waals surface area contributed by atoms with Crippen LogP contribution in [0.4, 0.5) is 11.5 Å². The van der Waals surface area contributed by atoms with Gasteiger partial charge in [0.25, 0.3) is 0 Å². The van der Waals surface area contributed by atoms with Gasteiger partial charge in [0, 0.05) is 29.7 Å². The number of thiazole rings is 1. The Labute approximate surface area is 183 Å². The molecule has 0 radical (unpaired) electrons. The second-order valence-electron chi connectivity index (χ2n) is 8.12. The van der Waals surface area contributed by atoms with Crippen molar-refractivity contribution in [1.29, 1.82) is 0 Å².